The van der Waals surface area contributed by atoms with E-state index < -0.39 is 0 Å². The van der Waals surface area contributed by atoms with E-state index in [4.69, 9.17) is 0 Å². The van der Waals surface area contributed by atoms with Crippen molar-refractivity contribution >= 4 is 11.3 Å². The van der Waals surface area contributed by atoms with Gasteiger partial charge in [0.25, 0.3) is 0 Å². The molecule has 0 aromatic carbocycles. The number of thiazole rings is 1. The SMILES string of the molecule is CCCNC(CCc1ccncc1)Cc1nc(C)c(C)s1. The molecular formula is C17H25N3S. The monoisotopic (exact) mass is 303 g/mol. The van der Waals surface area contributed by atoms with Crippen LogP contribution in [0.2, 0.25) is 0 Å². The van der Waals surface area contributed by atoms with Crippen molar-refractivity contribution in [3.8, 4) is 0 Å². The first kappa shape index (κ1) is 16.1. The molecule has 2 heterocycles. The fourth-order valence-corrected chi connectivity index (χ4v) is 3.37. The van der Waals surface area contributed by atoms with E-state index in [0.717, 1.165) is 25.8 Å². The van der Waals surface area contributed by atoms with E-state index in [1.807, 2.05) is 23.7 Å². The van der Waals surface area contributed by atoms with Crippen LogP contribution >= 0.6 is 11.3 Å². The standard InChI is InChI=1S/C17H25N3S/c1-4-9-19-16(6-5-15-7-10-18-11-8-15)12-17-20-13(2)14(3)21-17/h7-8,10-11,16,19H,4-6,9,12H2,1-3H3. The summed E-state index contributed by atoms with van der Waals surface area (Å²) in [6, 6.07) is 4.71. The number of nitrogens with zero attached hydrogens (tertiary/aromatic N) is 2. The fourth-order valence-electron chi connectivity index (χ4n) is 2.35. The second kappa shape index (κ2) is 8.25. The smallest absolute Gasteiger partial charge is 0.0946 e. The lowest BCUT2D eigenvalue weighted by Crippen LogP contribution is -2.32. The van der Waals surface area contributed by atoms with Crippen molar-refractivity contribution in [3.05, 3.63) is 45.7 Å². The van der Waals surface area contributed by atoms with Crippen molar-refractivity contribution < 1.29 is 0 Å². The van der Waals surface area contributed by atoms with E-state index in [0.29, 0.717) is 6.04 Å². The van der Waals surface area contributed by atoms with Crippen molar-refractivity contribution in [2.75, 3.05) is 6.54 Å². The van der Waals surface area contributed by atoms with Gasteiger partial charge in [0, 0.05) is 29.7 Å². The second-order valence-corrected chi connectivity index (χ2v) is 6.79. The molecule has 0 saturated carbocycles. The van der Waals surface area contributed by atoms with Crippen molar-refractivity contribution in [2.24, 2.45) is 0 Å². The van der Waals surface area contributed by atoms with Gasteiger partial charge in [0.05, 0.1) is 10.7 Å². The highest BCUT2D eigenvalue weighted by atomic mass is 32.1. The van der Waals surface area contributed by atoms with Gasteiger partial charge in [-0.15, -0.1) is 11.3 Å². The van der Waals surface area contributed by atoms with Crippen LogP contribution in [0.25, 0.3) is 0 Å². The minimum Gasteiger partial charge on any atom is -0.314 e. The lowest BCUT2D eigenvalue weighted by molar-refractivity contribution is 0.476. The molecule has 0 radical (unpaired) electrons. The Morgan fingerprint density at radius 2 is 2.00 bits per heavy atom. The number of hydrogen-bond donors (Lipinski definition) is 1. The number of rotatable bonds is 8. The minimum atomic E-state index is 0.503. The first-order valence-electron chi connectivity index (χ1n) is 7.74. The second-order valence-electron chi connectivity index (χ2n) is 5.50. The molecule has 1 atom stereocenters. The largest absolute Gasteiger partial charge is 0.314 e. The van der Waals surface area contributed by atoms with Gasteiger partial charge in [-0.2, -0.15) is 0 Å². The summed E-state index contributed by atoms with van der Waals surface area (Å²) < 4.78 is 0. The third-order valence-electron chi connectivity index (χ3n) is 3.71. The normalized spacial score (nSPS) is 12.5. The molecule has 114 valence electrons. The summed E-state index contributed by atoms with van der Waals surface area (Å²) >= 11 is 1.84. The van der Waals surface area contributed by atoms with E-state index in [1.165, 1.54) is 27.6 Å². The van der Waals surface area contributed by atoms with Gasteiger partial charge in [0.15, 0.2) is 0 Å². The number of aryl methyl sites for hydroxylation is 3. The number of aromatic nitrogens is 2. The van der Waals surface area contributed by atoms with Crippen LogP contribution in [-0.2, 0) is 12.8 Å². The average molecular weight is 303 g/mol. The lowest BCUT2D eigenvalue weighted by atomic mass is 10.0. The topological polar surface area (TPSA) is 37.8 Å². The maximum Gasteiger partial charge on any atom is 0.0946 e. The van der Waals surface area contributed by atoms with E-state index in [-0.39, 0.29) is 0 Å². The summed E-state index contributed by atoms with van der Waals surface area (Å²) in [5.41, 5.74) is 2.54. The number of hydrogen-bond acceptors (Lipinski definition) is 4. The molecule has 2 aromatic heterocycles. The van der Waals surface area contributed by atoms with Crippen LogP contribution in [0.15, 0.2) is 24.5 Å². The van der Waals surface area contributed by atoms with Gasteiger partial charge >= 0.3 is 0 Å². The molecule has 0 fully saturated rings. The summed E-state index contributed by atoms with van der Waals surface area (Å²) in [5, 5.41) is 4.93. The Hall–Kier alpha value is -1.26. The van der Waals surface area contributed by atoms with E-state index in [9.17, 15) is 0 Å². The highest BCUT2D eigenvalue weighted by molar-refractivity contribution is 7.11. The maximum absolute atomic E-state index is 4.68. The quantitative estimate of drug-likeness (QED) is 0.808. The molecule has 4 heteroatoms. The number of nitrogens with one attached hydrogen (secondary N) is 1. The highest BCUT2D eigenvalue weighted by Gasteiger charge is 2.12. The average Bonchev–Trinajstić information content (AvgIpc) is 2.81. The van der Waals surface area contributed by atoms with Gasteiger partial charge in [-0.1, -0.05) is 6.92 Å². The Bertz CT molecular complexity index is 517. The van der Waals surface area contributed by atoms with Crippen LogP contribution < -0.4 is 5.32 Å². The first-order valence-corrected chi connectivity index (χ1v) is 8.56. The molecule has 0 saturated heterocycles. The Balaban J connectivity index is 1.93. The zero-order valence-electron chi connectivity index (χ0n) is 13.2. The van der Waals surface area contributed by atoms with Gasteiger partial charge in [-0.3, -0.25) is 4.98 Å². The zero-order valence-corrected chi connectivity index (χ0v) is 14.0. The molecule has 0 aliphatic rings. The van der Waals surface area contributed by atoms with Crippen LogP contribution in [0.3, 0.4) is 0 Å². The van der Waals surface area contributed by atoms with Crippen molar-refractivity contribution in [1.82, 2.24) is 15.3 Å². The molecular weight excluding hydrogens is 278 g/mol. The molecule has 0 aliphatic heterocycles. The first-order chi connectivity index (χ1) is 10.2. The molecule has 2 aromatic rings. The van der Waals surface area contributed by atoms with Gasteiger partial charge in [0.1, 0.15) is 0 Å². The Labute approximate surface area is 131 Å². The third-order valence-corrected chi connectivity index (χ3v) is 4.80. The highest BCUT2D eigenvalue weighted by Crippen LogP contribution is 2.19. The summed E-state index contributed by atoms with van der Waals surface area (Å²) in [6.07, 6.45) is 8.18. The minimum absolute atomic E-state index is 0.503. The zero-order chi connectivity index (χ0) is 15.1. The van der Waals surface area contributed by atoms with Crippen LogP contribution in [0, 0.1) is 13.8 Å². The van der Waals surface area contributed by atoms with Gasteiger partial charge in [-0.25, -0.2) is 4.98 Å². The van der Waals surface area contributed by atoms with Crippen LogP contribution in [0.5, 0.6) is 0 Å². The predicted molar refractivity (Wildman–Crippen MR) is 89.9 cm³/mol. The molecule has 0 bridgehead atoms. The van der Waals surface area contributed by atoms with Crippen LogP contribution in [0.4, 0.5) is 0 Å². The molecule has 3 nitrogen and oxygen atoms in total. The van der Waals surface area contributed by atoms with Crippen LogP contribution in [0.1, 0.15) is 40.9 Å². The molecule has 2 rings (SSSR count). The molecule has 0 aliphatic carbocycles. The number of pyridine rings is 1. The van der Waals surface area contributed by atoms with E-state index >= 15 is 0 Å². The summed E-state index contributed by atoms with van der Waals surface area (Å²) in [7, 11) is 0. The molecule has 1 N–H and O–H groups in total. The fraction of sp³-hybridized carbons (Fsp3) is 0.529. The lowest BCUT2D eigenvalue weighted by Gasteiger charge is -2.17. The van der Waals surface area contributed by atoms with Crippen molar-refractivity contribution in [1.29, 1.82) is 0 Å². The van der Waals surface area contributed by atoms with E-state index in [2.05, 4.69) is 48.2 Å². The van der Waals surface area contributed by atoms with E-state index in [1.54, 1.807) is 0 Å². The van der Waals surface area contributed by atoms with Crippen molar-refractivity contribution in [2.45, 2.75) is 52.5 Å². The molecule has 21 heavy (non-hydrogen) atoms. The molecule has 1 unspecified atom stereocenters. The van der Waals surface area contributed by atoms with Gasteiger partial charge in [-0.05, 0) is 57.4 Å². The van der Waals surface area contributed by atoms with Gasteiger partial charge < -0.3 is 5.32 Å². The third kappa shape index (κ3) is 5.21. The molecule has 0 spiro atoms. The summed E-state index contributed by atoms with van der Waals surface area (Å²) in [4.78, 5) is 10.1. The van der Waals surface area contributed by atoms with Crippen molar-refractivity contribution in [3.63, 3.8) is 0 Å². The summed E-state index contributed by atoms with van der Waals surface area (Å²) in [6.45, 7) is 7.54. The maximum atomic E-state index is 4.68. The molecule has 0 amide bonds. The Morgan fingerprint density at radius 3 is 2.62 bits per heavy atom. The predicted octanol–water partition coefficient (Wildman–Crippen LogP) is 3.70. The Morgan fingerprint density at radius 1 is 1.24 bits per heavy atom. The van der Waals surface area contributed by atoms with Gasteiger partial charge in [0.2, 0.25) is 0 Å². The Kier molecular flexibility index (Phi) is 6.33. The van der Waals surface area contributed by atoms with Crippen LogP contribution in [-0.4, -0.2) is 22.6 Å². The summed E-state index contributed by atoms with van der Waals surface area (Å²) in [5.74, 6) is 0.